The molecule has 31 heavy (non-hydrogen) atoms. The van der Waals surface area contributed by atoms with Crippen LogP contribution in [0.5, 0.6) is 0 Å². The van der Waals surface area contributed by atoms with Crippen molar-refractivity contribution in [2.24, 2.45) is 0 Å². The van der Waals surface area contributed by atoms with Crippen molar-refractivity contribution >= 4 is 21.8 Å². The van der Waals surface area contributed by atoms with Crippen LogP contribution in [0.4, 0.5) is 0 Å². The van der Waals surface area contributed by atoms with Crippen molar-refractivity contribution in [1.29, 1.82) is 0 Å². The summed E-state index contributed by atoms with van der Waals surface area (Å²) < 4.78 is 28.5. The van der Waals surface area contributed by atoms with Gasteiger partial charge in [-0.2, -0.15) is 4.31 Å². The number of hydrogen-bond donors (Lipinski definition) is 0. The summed E-state index contributed by atoms with van der Waals surface area (Å²) in [4.78, 5) is 25.5. The molecule has 1 aliphatic rings. The molecule has 0 unspecified atom stereocenters. The molecule has 7 heteroatoms. The SMILES string of the molecule is CN1C(=O)c2ccc(S(=O)(=O)N(CCc3ccccc3)Cc3ccccc3)cc2C1=O. The Balaban J connectivity index is 1.68. The lowest BCUT2D eigenvalue weighted by molar-refractivity contribution is 0.0693. The summed E-state index contributed by atoms with van der Waals surface area (Å²) in [5, 5.41) is 0. The first kappa shape index (κ1) is 21.0. The van der Waals surface area contributed by atoms with Gasteiger partial charge in [0.05, 0.1) is 16.0 Å². The summed E-state index contributed by atoms with van der Waals surface area (Å²) in [5.41, 5.74) is 2.25. The van der Waals surface area contributed by atoms with Crippen LogP contribution in [0.3, 0.4) is 0 Å². The van der Waals surface area contributed by atoms with Crippen LogP contribution in [0.15, 0.2) is 83.8 Å². The van der Waals surface area contributed by atoms with E-state index in [1.807, 2.05) is 60.7 Å². The van der Waals surface area contributed by atoms with E-state index in [-0.39, 0.29) is 29.1 Å². The molecular weight excluding hydrogens is 412 g/mol. The molecule has 3 aromatic carbocycles. The van der Waals surface area contributed by atoms with E-state index in [0.29, 0.717) is 6.42 Å². The van der Waals surface area contributed by atoms with E-state index in [1.54, 1.807) is 0 Å². The topological polar surface area (TPSA) is 74.8 Å². The molecule has 4 rings (SSSR count). The van der Waals surface area contributed by atoms with Gasteiger partial charge in [-0.05, 0) is 35.7 Å². The Labute approximate surface area is 181 Å². The molecule has 0 atom stereocenters. The van der Waals surface area contributed by atoms with Crippen LogP contribution in [0.2, 0.25) is 0 Å². The minimum atomic E-state index is -3.90. The number of benzene rings is 3. The van der Waals surface area contributed by atoms with E-state index in [9.17, 15) is 18.0 Å². The van der Waals surface area contributed by atoms with Crippen molar-refractivity contribution in [1.82, 2.24) is 9.21 Å². The van der Waals surface area contributed by atoms with Gasteiger partial charge in [-0.3, -0.25) is 14.5 Å². The third-order valence-corrected chi connectivity index (χ3v) is 7.23. The predicted octanol–water partition coefficient (Wildman–Crippen LogP) is 3.35. The Bertz CT molecular complexity index is 1220. The molecule has 0 fully saturated rings. The largest absolute Gasteiger partial charge is 0.277 e. The minimum Gasteiger partial charge on any atom is -0.277 e. The normalized spacial score (nSPS) is 13.7. The first-order valence-electron chi connectivity index (χ1n) is 9.92. The zero-order chi connectivity index (χ0) is 22.0. The third-order valence-electron chi connectivity index (χ3n) is 5.39. The second-order valence-electron chi connectivity index (χ2n) is 7.44. The van der Waals surface area contributed by atoms with E-state index >= 15 is 0 Å². The number of carbonyl (C=O) groups excluding carboxylic acids is 2. The second kappa shape index (κ2) is 8.45. The van der Waals surface area contributed by atoms with Gasteiger partial charge in [-0.1, -0.05) is 60.7 Å². The summed E-state index contributed by atoms with van der Waals surface area (Å²) in [6.07, 6.45) is 0.554. The van der Waals surface area contributed by atoms with Crippen molar-refractivity contribution in [3.8, 4) is 0 Å². The Morgan fingerprint density at radius 3 is 2.00 bits per heavy atom. The van der Waals surface area contributed by atoms with Crippen molar-refractivity contribution in [2.75, 3.05) is 13.6 Å². The summed E-state index contributed by atoms with van der Waals surface area (Å²) in [6.45, 7) is 0.491. The highest BCUT2D eigenvalue weighted by atomic mass is 32.2. The summed E-state index contributed by atoms with van der Waals surface area (Å²) in [5.74, 6) is -0.912. The third kappa shape index (κ3) is 4.15. The lowest BCUT2D eigenvalue weighted by Crippen LogP contribution is -2.32. The fourth-order valence-corrected chi connectivity index (χ4v) is 5.08. The molecule has 1 aliphatic heterocycles. The van der Waals surface area contributed by atoms with Gasteiger partial charge < -0.3 is 0 Å². The molecule has 3 aromatic rings. The number of carbonyl (C=O) groups is 2. The maximum absolute atomic E-state index is 13.5. The monoisotopic (exact) mass is 434 g/mol. The maximum Gasteiger partial charge on any atom is 0.261 e. The molecule has 2 amide bonds. The maximum atomic E-state index is 13.5. The van der Waals surface area contributed by atoms with Gasteiger partial charge in [-0.25, -0.2) is 8.42 Å². The first-order chi connectivity index (χ1) is 14.9. The highest BCUT2D eigenvalue weighted by Crippen LogP contribution is 2.27. The zero-order valence-corrected chi connectivity index (χ0v) is 17.9. The molecule has 158 valence electrons. The Morgan fingerprint density at radius 2 is 1.35 bits per heavy atom. The molecule has 0 aromatic heterocycles. The number of rotatable bonds is 7. The van der Waals surface area contributed by atoms with E-state index < -0.39 is 21.8 Å². The number of amides is 2. The van der Waals surface area contributed by atoms with Gasteiger partial charge in [0.1, 0.15) is 0 Å². The summed E-state index contributed by atoms with van der Waals surface area (Å²) in [7, 11) is -2.51. The second-order valence-corrected chi connectivity index (χ2v) is 9.37. The van der Waals surface area contributed by atoms with E-state index in [1.165, 1.54) is 29.6 Å². The molecule has 0 saturated heterocycles. The molecule has 0 spiro atoms. The number of nitrogens with zero attached hydrogens (tertiary/aromatic N) is 2. The fraction of sp³-hybridized carbons (Fsp3) is 0.167. The van der Waals surface area contributed by atoms with Gasteiger partial charge in [0.25, 0.3) is 11.8 Å². The predicted molar refractivity (Wildman–Crippen MR) is 117 cm³/mol. The van der Waals surface area contributed by atoms with Crippen molar-refractivity contribution in [3.63, 3.8) is 0 Å². The van der Waals surface area contributed by atoms with Crippen molar-refractivity contribution in [3.05, 3.63) is 101 Å². The van der Waals surface area contributed by atoms with E-state index in [2.05, 4.69) is 0 Å². The van der Waals surface area contributed by atoms with Crippen LogP contribution in [-0.2, 0) is 23.0 Å². The molecule has 6 nitrogen and oxygen atoms in total. The van der Waals surface area contributed by atoms with E-state index in [0.717, 1.165) is 16.0 Å². The van der Waals surface area contributed by atoms with Crippen LogP contribution < -0.4 is 0 Å². The van der Waals surface area contributed by atoms with Gasteiger partial charge >= 0.3 is 0 Å². The van der Waals surface area contributed by atoms with Crippen LogP contribution in [-0.4, -0.2) is 43.0 Å². The summed E-state index contributed by atoms with van der Waals surface area (Å²) >= 11 is 0. The Morgan fingerprint density at radius 1 is 0.774 bits per heavy atom. The average molecular weight is 435 g/mol. The molecule has 0 bridgehead atoms. The lowest BCUT2D eigenvalue weighted by atomic mass is 10.1. The molecule has 0 N–H and O–H groups in total. The van der Waals surface area contributed by atoms with Gasteiger partial charge in [0.2, 0.25) is 10.0 Å². The zero-order valence-electron chi connectivity index (χ0n) is 17.1. The fourth-order valence-electron chi connectivity index (χ4n) is 3.62. The molecule has 0 saturated carbocycles. The smallest absolute Gasteiger partial charge is 0.261 e. The first-order valence-corrected chi connectivity index (χ1v) is 11.4. The number of sulfonamides is 1. The molecule has 0 radical (unpaired) electrons. The van der Waals surface area contributed by atoms with Crippen molar-refractivity contribution in [2.45, 2.75) is 17.9 Å². The Hall–Kier alpha value is -3.29. The van der Waals surface area contributed by atoms with Crippen LogP contribution >= 0.6 is 0 Å². The molecule has 0 aliphatic carbocycles. The summed E-state index contributed by atoms with van der Waals surface area (Å²) in [6, 6.07) is 23.2. The van der Waals surface area contributed by atoms with Crippen LogP contribution in [0.1, 0.15) is 31.8 Å². The highest BCUT2D eigenvalue weighted by Gasteiger charge is 2.35. The minimum absolute atomic E-state index is 0.00620. The quantitative estimate of drug-likeness (QED) is 0.535. The van der Waals surface area contributed by atoms with Crippen LogP contribution in [0, 0.1) is 0 Å². The highest BCUT2D eigenvalue weighted by molar-refractivity contribution is 7.89. The van der Waals surface area contributed by atoms with E-state index in [4.69, 9.17) is 0 Å². The van der Waals surface area contributed by atoms with Crippen LogP contribution in [0.25, 0.3) is 0 Å². The Kier molecular flexibility index (Phi) is 5.71. The molecular formula is C24H22N2O4S. The lowest BCUT2D eigenvalue weighted by Gasteiger charge is -2.23. The number of hydrogen-bond acceptors (Lipinski definition) is 4. The van der Waals surface area contributed by atoms with Gasteiger partial charge in [-0.15, -0.1) is 0 Å². The molecule has 1 heterocycles. The van der Waals surface area contributed by atoms with Gasteiger partial charge in [0.15, 0.2) is 0 Å². The standard InChI is InChI=1S/C24H22N2O4S/c1-25-23(27)21-13-12-20(16-22(21)24(25)28)31(29,30)26(17-19-10-6-3-7-11-19)15-14-18-8-4-2-5-9-18/h2-13,16H,14-15,17H2,1H3. The average Bonchev–Trinajstić information content (AvgIpc) is 3.01. The number of fused-ring (bicyclic) bond motifs is 1. The van der Waals surface area contributed by atoms with Crippen molar-refractivity contribution < 1.29 is 18.0 Å². The number of imide groups is 1. The van der Waals surface area contributed by atoms with Gasteiger partial charge in [0, 0.05) is 20.1 Å².